The van der Waals surface area contributed by atoms with Gasteiger partial charge < -0.3 is 9.84 Å². The topological polar surface area (TPSA) is 104 Å². The summed E-state index contributed by atoms with van der Waals surface area (Å²) in [6.07, 6.45) is 0.705. The molecule has 0 saturated carbocycles. The third kappa shape index (κ3) is 3.64. The Bertz CT molecular complexity index is 449. The van der Waals surface area contributed by atoms with Gasteiger partial charge in [-0.3, -0.25) is 9.59 Å². The molecule has 1 unspecified atom stereocenters. The number of carboxylic acid groups (broad SMARTS) is 1. The number of carbonyl (C=O) groups excluding carboxylic acids is 1. The molecule has 110 valence electrons. The lowest BCUT2D eigenvalue weighted by atomic mass is 10.2. The van der Waals surface area contributed by atoms with Crippen LogP contribution in [0.5, 0.6) is 0 Å². The zero-order valence-electron chi connectivity index (χ0n) is 10.9. The molecule has 0 bridgehead atoms. The number of rotatable bonds is 6. The standard InChI is InChI=1S/C10H18N2O6S/c1-11(7-5-9(13)14)19(16,17)12-6-3-4-8(12)10(15)18-2/h8H,3-7H2,1-2H3,(H,13,14). The Morgan fingerprint density at radius 2 is 2.11 bits per heavy atom. The van der Waals surface area contributed by atoms with Crippen LogP contribution in [0.15, 0.2) is 0 Å². The maximum absolute atomic E-state index is 12.2. The molecule has 1 atom stereocenters. The minimum atomic E-state index is -3.84. The van der Waals surface area contributed by atoms with E-state index in [4.69, 9.17) is 5.11 Å². The summed E-state index contributed by atoms with van der Waals surface area (Å²) in [7, 11) is -1.33. The number of esters is 1. The number of carboxylic acids is 1. The molecule has 8 nitrogen and oxygen atoms in total. The van der Waals surface area contributed by atoms with Crippen molar-refractivity contribution in [3.63, 3.8) is 0 Å². The molecule has 1 aliphatic heterocycles. The summed E-state index contributed by atoms with van der Waals surface area (Å²) in [5, 5.41) is 8.56. The van der Waals surface area contributed by atoms with Gasteiger partial charge in [-0.25, -0.2) is 0 Å². The van der Waals surface area contributed by atoms with Gasteiger partial charge in [0.25, 0.3) is 10.2 Å². The first kappa shape index (κ1) is 15.9. The summed E-state index contributed by atoms with van der Waals surface area (Å²) in [4.78, 5) is 22.0. The number of carbonyl (C=O) groups is 2. The quantitative estimate of drug-likeness (QED) is 0.648. The van der Waals surface area contributed by atoms with Crippen LogP contribution in [-0.4, -0.2) is 67.4 Å². The lowest BCUT2D eigenvalue weighted by molar-refractivity contribution is -0.144. The van der Waals surface area contributed by atoms with Gasteiger partial charge >= 0.3 is 11.9 Å². The van der Waals surface area contributed by atoms with Crippen LogP contribution in [0.1, 0.15) is 19.3 Å². The highest BCUT2D eigenvalue weighted by Crippen LogP contribution is 2.23. The van der Waals surface area contributed by atoms with E-state index < -0.39 is 28.2 Å². The van der Waals surface area contributed by atoms with E-state index in [1.807, 2.05) is 0 Å². The Morgan fingerprint density at radius 1 is 1.47 bits per heavy atom. The van der Waals surface area contributed by atoms with Gasteiger partial charge in [-0.15, -0.1) is 0 Å². The van der Waals surface area contributed by atoms with Gasteiger partial charge in [-0.2, -0.15) is 17.0 Å². The van der Waals surface area contributed by atoms with Crippen LogP contribution in [0.25, 0.3) is 0 Å². The molecule has 0 amide bonds. The maximum atomic E-state index is 12.2. The SMILES string of the molecule is COC(=O)C1CCCN1S(=O)(=O)N(C)CCC(=O)O. The fourth-order valence-electron chi connectivity index (χ4n) is 1.94. The van der Waals surface area contributed by atoms with E-state index >= 15 is 0 Å². The molecule has 0 aromatic carbocycles. The van der Waals surface area contributed by atoms with E-state index in [-0.39, 0.29) is 19.5 Å². The van der Waals surface area contributed by atoms with Gasteiger partial charge in [0.15, 0.2) is 0 Å². The predicted molar refractivity (Wildman–Crippen MR) is 65.5 cm³/mol. The van der Waals surface area contributed by atoms with Crippen molar-refractivity contribution < 1.29 is 27.9 Å². The van der Waals surface area contributed by atoms with Crippen LogP contribution in [0.4, 0.5) is 0 Å². The number of ether oxygens (including phenoxy) is 1. The van der Waals surface area contributed by atoms with Gasteiger partial charge in [-0.1, -0.05) is 0 Å². The molecule has 0 aromatic heterocycles. The number of hydrogen-bond acceptors (Lipinski definition) is 5. The van der Waals surface area contributed by atoms with Crippen LogP contribution < -0.4 is 0 Å². The van der Waals surface area contributed by atoms with Crippen molar-refractivity contribution in [1.29, 1.82) is 0 Å². The van der Waals surface area contributed by atoms with Crippen molar-refractivity contribution in [2.45, 2.75) is 25.3 Å². The monoisotopic (exact) mass is 294 g/mol. The fraction of sp³-hybridized carbons (Fsp3) is 0.800. The van der Waals surface area contributed by atoms with Crippen molar-refractivity contribution in [2.24, 2.45) is 0 Å². The molecule has 1 fully saturated rings. The van der Waals surface area contributed by atoms with Crippen molar-refractivity contribution in [2.75, 3.05) is 27.2 Å². The van der Waals surface area contributed by atoms with Crippen molar-refractivity contribution in [3.05, 3.63) is 0 Å². The maximum Gasteiger partial charge on any atom is 0.324 e. The smallest absolute Gasteiger partial charge is 0.324 e. The van der Waals surface area contributed by atoms with E-state index in [2.05, 4.69) is 4.74 Å². The molecule has 0 radical (unpaired) electrons. The van der Waals surface area contributed by atoms with Crippen LogP contribution >= 0.6 is 0 Å². The Kier molecular flexibility index (Phi) is 5.27. The van der Waals surface area contributed by atoms with Crippen molar-refractivity contribution >= 4 is 22.1 Å². The summed E-state index contributed by atoms with van der Waals surface area (Å²) >= 11 is 0. The molecule has 1 N–H and O–H groups in total. The van der Waals surface area contributed by atoms with Gasteiger partial charge in [0.05, 0.1) is 13.5 Å². The Balaban J connectivity index is 2.80. The second kappa shape index (κ2) is 6.31. The Labute approximate surface area is 112 Å². The van der Waals surface area contributed by atoms with E-state index in [0.29, 0.717) is 12.8 Å². The van der Waals surface area contributed by atoms with E-state index in [9.17, 15) is 18.0 Å². The highest BCUT2D eigenvalue weighted by atomic mass is 32.2. The van der Waals surface area contributed by atoms with E-state index in [1.54, 1.807) is 0 Å². The molecule has 9 heteroatoms. The van der Waals surface area contributed by atoms with Gasteiger partial charge in [0.1, 0.15) is 6.04 Å². The first-order valence-corrected chi connectivity index (χ1v) is 7.23. The zero-order chi connectivity index (χ0) is 14.6. The summed E-state index contributed by atoms with van der Waals surface area (Å²) in [6, 6.07) is -0.817. The summed E-state index contributed by atoms with van der Waals surface area (Å²) in [5.74, 6) is -1.67. The molecule has 0 aliphatic carbocycles. The van der Waals surface area contributed by atoms with E-state index in [0.717, 1.165) is 8.61 Å². The van der Waals surface area contributed by atoms with Crippen LogP contribution in [-0.2, 0) is 24.5 Å². The third-order valence-corrected chi connectivity index (χ3v) is 5.01. The van der Waals surface area contributed by atoms with Crippen molar-refractivity contribution in [1.82, 2.24) is 8.61 Å². The predicted octanol–water partition coefficient (Wildman–Crippen LogP) is -0.725. The Hall–Kier alpha value is -1.19. The Morgan fingerprint density at radius 3 is 2.63 bits per heavy atom. The molecule has 1 rings (SSSR count). The lowest BCUT2D eigenvalue weighted by Gasteiger charge is -2.27. The summed E-state index contributed by atoms with van der Waals surface area (Å²) in [5.41, 5.74) is 0. The van der Waals surface area contributed by atoms with Gasteiger partial charge in [-0.05, 0) is 12.8 Å². The second-order valence-electron chi connectivity index (χ2n) is 4.26. The van der Waals surface area contributed by atoms with Gasteiger partial charge in [0.2, 0.25) is 0 Å². The lowest BCUT2D eigenvalue weighted by Crippen LogP contribution is -2.47. The average Bonchev–Trinajstić information content (AvgIpc) is 2.84. The molecule has 19 heavy (non-hydrogen) atoms. The number of methoxy groups -OCH3 is 1. The summed E-state index contributed by atoms with van der Waals surface area (Å²) in [6.45, 7) is 0.0988. The molecule has 1 heterocycles. The fourth-order valence-corrected chi connectivity index (χ4v) is 3.49. The number of nitrogens with zero attached hydrogens (tertiary/aromatic N) is 2. The molecule has 0 spiro atoms. The second-order valence-corrected chi connectivity index (χ2v) is 6.25. The van der Waals surface area contributed by atoms with Gasteiger partial charge in [0, 0.05) is 20.1 Å². The van der Waals surface area contributed by atoms with Crippen LogP contribution in [0, 0.1) is 0 Å². The highest BCUT2D eigenvalue weighted by molar-refractivity contribution is 7.86. The number of aliphatic carboxylic acids is 1. The minimum Gasteiger partial charge on any atom is -0.481 e. The van der Waals surface area contributed by atoms with Crippen LogP contribution in [0.3, 0.4) is 0 Å². The highest BCUT2D eigenvalue weighted by Gasteiger charge is 2.41. The minimum absolute atomic E-state index is 0.137. The molecule has 0 aromatic rings. The molecular formula is C10H18N2O6S. The molecule has 1 saturated heterocycles. The third-order valence-electron chi connectivity index (χ3n) is 3.01. The molecular weight excluding hydrogens is 276 g/mol. The van der Waals surface area contributed by atoms with Crippen molar-refractivity contribution in [3.8, 4) is 0 Å². The first-order valence-electron chi connectivity index (χ1n) is 5.83. The summed E-state index contributed by atoms with van der Waals surface area (Å²) < 4.78 is 31.1. The molecule has 1 aliphatic rings. The van der Waals surface area contributed by atoms with Crippen LogP contribution in [0.2, 0.25) is 0 Å². The largest absolute Gasteiger partial charge is 0.481 e. The normalized spacial score (nSPS) is 20.7. The number of hydrogen-bond donors (Lipinski definition) is 1. The first-order chi connectivity index (χ1) is 8.80. The zero-order valence-corrected chi connectivity index (χ0v) is 11.7. The average molecular weight is 294 g/mol. The van der Waals surface area contributed by atoms with E-state index in [1.165, 1.54) is 14.2 Å².